The van der Waals surface area contributed by atoms with Crippen molar-refractivity contribution >= 4 is 5.69 Å². The van der Waals surface area contributed by atoms with Crippen LogP contribution in [0.4, 0.5) is 27.6 Å². The van der Waals surface area contributed by atoms with Crippen molar-refractivity contribution in [3.8, 4) is 17.1 Å². The summed E-state index contributed by atoms with van der Waals surface area (Å²) in [5, 5.41) is 6.76. The molecule has 1 saturated heterocycles. The highest BCUT2D eigenvalue weighted by atomic mass is 19.3. The zero-order valence-electron chi connectivity index (χ0n) is 18.4. The van der Waals surface area contributed by atoms with Gasteiger partial charge in [-0.3, -0.25) is 0 Å². The van der Waals surface area contributed by atoms with Gasteiger partial charge in [0.1, 0.15) is 48.6 Å². The third-order valence-electron chi connectivity index (χ3n) is 5.88. The number of benzene rings is 1. The van der Waals surface area contributed by atoms with E-state index in [2.05, 4.69) is 20.4 Å². The second-order valence-electron chi connectivity index (χ2n) is 8.73. The number of alkyl halides is 3. The molecular weight excluding hydrogens is 475 g/mol. The van der Waals surface area contributed by atoms with Gasteiger partial charge in [0.15, 0.2) is 5.76 Å². The molecule has 1 aliphatic carbocycles. The van der Waals surface area contributed by atoms with Crippen molar-refractivity contribution in [3.05, 3.63) is 53.7 Å². The number of hydrogen-bond acceptors (Lipinski definition) is 7. The minimum Gasteiger partial charge on any atom is -0.472 e. The van der Waals surface area contributed by atoms with Crippen LogP contribution in [0, 0.1) is 11.6 Å². The standard InChI is InChI=1S/C23H21F5N4O3/c24-13-1-2-16(25)15(7-13)19-21(20(31-12-30-19)17-3-4-23(27,28)11-33-17)29-9-14-8-18(32-35-14)34-10-22(26)5-6-22/h1-2,7-8,12,17,29H,3-6,9-11H2. The molecule has 2 aliphatic rings. The third kappa shape index (κ3) is 5.37. The van der Waals surface area contributed by atoms with E-state index in [1.807, 2.05) is 0 Å². The van der Waals surface area contributed by atoms with Gasteiger partial charge >= 0.3 is 0 Å². The Morgan fingerprint density at radius 2 is 1.91 bits per heavy atom. The number of anilines is 1. The molecule has 3 aromatic rings. The summed E-state index contributed by atoms with van der Waals surface area (Å²) in [5.41, 5.74) is -1.05. The van der Waals surface area contributed by atoms with Crippen molar-refractivity contribution in [3.63, 3.8) is 0 Å². The summed E-state index contributed by atoms with van der Waals surface area (Å²) in [4.78, 5) is 8.32. The predicted molar refractivity (Wildman–Crippen MR) is 113 cm³/mol. The van der Waals surface area contributed by atoms with Gasteiger partial charge < -0.3 is 19.3 Å². The Morgan fingerprint density at radius 1 is 1.09 bits per heavy atom. The summed E-state index contributed by atoms with van der Waals surface area (Å²) >= 11 is 0. The number of nitrogens with zero attached hydrogens (tertiary/aromatic N) is 3. The molecule has 12 heteroatoms. The molecule has 1 atom stereocenters. The lowest BCUT2D eigenvalue weighted by molar-refractivity contribution is -0.146. The lowest BCUT2D eigenvalue weighted by Crippen LogP contribution is -2.31. The van der Waals surface area contributed by atoms with Crippen LogP contribution in [-0.4, -0.2) is 39.9 Å². The van der Waals surface area contributed by atoms with Gasteiger partial charge in [-0.05, 0) is 42.6 Å². The van der Waals surface area contributed by atoms with Crippen LogP contribution >= 0.6 is 0 Å². The van der Waals surface area contributed by atoms with Gasteiger partial charge in [0.05, 0.1) is 17.9 Å². The molecule has 0 bridgehead atoms. The smallest absolute Gasteiger partial charge is 0.271 e. The minimum atomic E-state index is -2.95. The maximum atomic E-state index is 14.6. The van der Waals surface area contributed by atoms with Gasteiger partial charge in [-0.25, -0.2) is 31.9 Å². The fourth-order valence-electron chi connectivity index (χ4n) is 3.74. The Bertz CT molecular complexity index is 1210. The summed E-state index contributed by atoms with van der Waals surface area (Å²) in [6.07, 6.45) is 0.749. The van der Waals surface area contributed by atoms with E-state index >= 15 is 0 Å². The number of aromatic nitrogens is 3. The Kier molecular flexibility index (Phi) is 6.07. The molecule has 2 fully saturated rings. The highest BCUT2D eigenvalue weighted by Gasteiger charge is 2.44. The maximum absolute atomic E-state index is 14.6. The molecule has 0 spiro atoms. The van der Waals surface area contributed by atoms with Crippen molar-refractivity contribution in [2.75, 3.05) is 18.5 Å². The Hall–Kier alpha value is -3.28. The summed E-state index contributed by atoms with van der Waals surface area (Å²) in [7, 11) is 0. The van der Waals surface area contributed by atoms with Gasteiger partial charge in [-0.2, -0.15) is 0 Å². The molecule has 5 rings (SSSR count). The average Bonchev–Trinajstić information content (AvgIpc) is 3.39. The molecule has 1 N–H and O–H groups in total. The van der Waals surface area contributed by atoms with Crippen LogP contribution in [0.3, 0.4) is 0 Å². The summed E-state index contributed by atoms with van der Waals surface area (Å²) < 4.78 is 85.4. The molecule has 0 amide bonds. The zero-order chi connectivity index (χ0) is 24.6. The fourth-order valence-corrected chi connectivity index (χ4v) is 3.74. The lowest BCUT2D eigenvalue weighted by Gasteiger charge is -2.29. The number of rotatable bonds is 8. The second kappa shape index (κ2) is 9.06. The fraction of sp³-hybridized carbons (Fsp3) is 0.435. The Labute approximate surface area is 196 Å². The van der Waals surface area contributed by atoms with E-state index in [0.717, 1.165) is 24.5 Å². The van der Waals surface area contributed by atoms with Crippen LogP contribution in [0.25, 0.3) is 11.3 Å². The molecular formula is C23H21F5N4O3. The van der Waals surface area contributed by atoms with Crippen LogP contribution in [0.1, 0.15) is 43.2 Å². The van der Waals surface area contributed by atoms with Crippen LogP contribution in [-0.2, 0) is 11.3 Å². The molecule has 0 radical (unpaired) electrons. The molecule has 1 aromatic carbocycles. The van der Waals surface area contributed by atoms with Gasteiger partial charge in [-0.1, -0.05) is 0 Å². The van der Waals surface area contributed by atoms with Gasteiger partial charge in [0.2, 0.25) is 0 Å². The normalized spacial score (nSPS) is 20.4. The van der Waals surface area contributed by atoms with Crippen LogP contribution < -0.4 is 10.1 Å². The highest BCUT2D eigenvalue weighted by molar-refractivity contribution is 5.76. The number of halogens is 5. The van der Waals surface area contributed by atoms with Crippen molar-refractivity contribution < 1.29 is 35.9 Å². The Balaban J connectivity index is 1.42. The highest BCUT2D eigenvalue weighted by Crippen LogP contribution is 2.41. The SMILES string of the molecule is Fc1ccc(F)c(-c2ncnc(C3CCC(F)(F)CO3)c2NCc2cc(OCC3(F)CC3)no2)c1. The van der Waals surface area contributed by atoms with Crippen molar-refractivity contribution in [2.45, 2.75) is 49.9 Å². The van der Waals surface area contributed by atoms with E-state index in [4.69, 9.17) is 14.0 Å². The summed E-state index contributed by atoms with van der Waals surface area (Å²) in [6.45, 7) is -0.927. The summed E-state index contributed by atoms with van der Waals surface area (Å²) in [6, 6.07) is 4.38. The number of ether oxygens (including phenoxy) is 2. The van der Waals surface area contributed by atoms with Crippen LogP contribution in [0.15, 0.2) is 35.1 Å². The number of nitrogens with one attached hydrogen (secondary N) is 1. The lowest BCUT2D eigenvalue weighted by atomic mass is 10.00. The quantitative estimate of drug-likeness (QED) is 0.419. The monoisotopic (exact) mass is 496 g/mol. The van der Waals surface area contributed by atoms with Crippen LogP contribution in [0.5, 0.6) is 5.88 Å². The molecule has 1 unspecified atom stereocenters. The second-order valence-corrected chi connectivity index (χ2v) is 8.73. The van der Waals surface area contributed by atoms with Crippen molar-refractivity contribution in [2.24, 2.45) is 0 Å². The van der Waals surface area contributed by atoms with E-state index in [-0.39, 0.29) is 48.1 Å². The van der Waals surface area contributed by atoms with E-state index < -0.39 is 42.4 Å². The van der Waals surface area contributed by atoms with E-state index in [9.17, 15) is 22.0 Å². The molecule has 2 aromatic heterocycles. The Morgan fingerprint density at radius 3 is 2.66 bits per heavy atom. The molecule has 35 heavy (non-hydrogen) atoms. The third-order valence-corrected chi connectivity index (χ3v) is 5.88. The predicted octanol–water partition coefficient (Wildman–Crippen LogP) is 5.39. The van der Waals surface area contributed by atoms with Gasteiger partial charge in [-0.15, -0.1) is 0 Å². The molecule has 186 valence electrons. The van der Waals surface area contributed by atoms with E-state index in [0.29, 0.717) is 18.6 Å². The number of hydrogen-bond donors (Lipinski definition) is 1. The first-order valence-electron chi connectivity index (χ1n) is 11.0. The first-order valence-corrected chi connectivity index (χ1v) is 11.0. The molecule has 3 heterocycles. The zero-order valence-corrected chi connectivity index (χ0v) is 18.4. The van der Waals surface area contributed by atoms with Crippen molar-refractivity contribution in [1.29, 1.82) is 0 Å². The molecule has 1 aliphatic heterocycles. The summed E-state index contributed by atoms with van der Waals surface area (Å²) in [5.74, 6) is -3.97. The van der Waals surface area contributed by atoms with E-state index in [1.54, 1.807) is 0 Å². The van der Waals surface area contributed by atoms with Gasteiger partial charge in [0.25, 0.3) is 11.8 Å². The first-order chi connectivity index (χ1) is 16.7. The van der Waals surface area contributed by atoms with E-state index in [1.165, 1.54) is 6.07 Å². The molecule has 1 saturated carbocycles. The minimum absolute atomic E-state index is 0.00961. The largest absolute Gasteiger partial charge is 0.472 e. The first kappa shape index (κ1) is 23.5. The van der Waals surface area contributed by atoms with Crippen molar-refractivity contribution in [1.82, 2.24) is 15.1 Å². The average molecular weight is 496 g/mol. The molecule has 7 nitrogen and oxygen atoms in total. The van der Waals surface area contributed by atoms with Gasteiger partial charge in [0, 0.05) is 18.1 Å². The topological polar surface area (TPSA) is 82.3 Å². The maximum Gasteiger partial charge on any atom is 0.271 e. The van der Waals surface area contributed by atoms with Crippen LogP contribution in [0.2, 0.25) is 0 Å².